The van der Waals surface area contributed by atoms with Gasteiger partial charge in [-0.1, -0.05) is 107 Å². The smallest absolute Gasteiger partial charge is 0.356 e. The maximum absolute atomic E-state index is 8.25. The Morgan fingerprint density at radius 3 is 0.373 bits per heavy atom. The fourth-order valence-electron chi connectivity index (χ4n) is 5.29. The summed E-state index contributed by atoms with van der Waals surface area (Å²) in [7, 11) is 0. The minimum Gasteiger partial charge on any atom is -0.356 e. The number of rotatable bonds is 24. The Bertz CT molecular complexity index is 720. The molecule has 0 amide bonds. The first kappa shape index (κ1) is 75.9. The van der Waals surface area contributed by atoms with Gasteiger partial charge in [-0.15, -0.1) is 0 Å². The van der Waals surface area contributed by atoms with Crippen LogP contribution in [-0.2, 0) is 0 Å². The summed E-state index contributed by atoms with van der Waals surface area (Å²) in [5.74, 6) is 0. The molecule has 0 rings (SSSR count). The number of nitrogens with zero attached hydrogens (tertiary/aromatic N) is 8. The topological polar surface area (TPSA) is 397 Å². The van der Waals surface area contributed by atoms with E-state index in [2.05, 4.69) is 55.4 Å². The predicted molar refractivity (Wildman–Crippen MR) is 221 cm³/mol. The van der Waals surface area contributed by atoms with Gasteiger partial charge in [-0.2, -0.15) is 0 Å². The second-order valence-electron chi connectivity index (χ2n) is 12.6. The largest absolute Gasteiger partial charge is 4.00 e. The molecule has 352 valence electrons. The quantitative estimate of drug-likeness (QED) is 0.0496. The molecule has 0 radical (unpaired) electrons. The molecular weight excluding hydrogens is 1020 g/mol. The van der Waals surface area contributed by atoms with Gasteiger partial charge in [0.15, 0.2) is 0 Å². The summed E-state index contributed by atoms with van der Waals surface area (Å²) in [5.41, 5.74) is 0. The van der Waals surface area contributed by atoms with E-state index in [0.29, 0.717) is 0 Å². The summed E-state index contributed by atoms with van der Waals surface area (Å²) in [6.45, 7) is 30.0. The molecule has 0 bridgehead atoms. The molecular formula is C32H72N8O18U. The van der Waals surface area contributed by atoms with Crippen LogP contribution in [0, 0.1) is 123 Å². The van der Waals surface area contributed by atoms with Crippen LogP contribution in [0.3, 0.4) is 0 Å². The van der Waals surface area contributed by atoms with Crippen LogP contribution in [0.5, 0.6) is 0 Å². The normalized spacial score (nSPS) is 9.36. The SMILES string of the molecule is CCCC[N+](CCCC)(CCCC)CCCC.CCCC[N+](CCCC)(CCCC)CCCC.O=[N+]([O-])[O-].O=[N+]([O-])[O-].O=[N+]([O-])[O-].O=[N+]([O-])[O-].O=[N+]([O-])[O-].O=[N+]([O-])[O-].[U+4]. The zero-order valence-electron chi connectivity index (χ0n) is 36.4. The third-order valence-electron chi connectivity index (χ3n) is 7.89. The number of quaternary nitrogens is 2. The first-order valence-corrected chi connectivity index (χ1v) is 19.5. The molecule has 0 aromatic carbocycles. The molecule has 0 aliphatic heterocycles. The molecule has 0 N–H and O–H groups in total. The Morgan fingerprint density at radius 2 is 0.322 bits per heavy atom. The van der Waals surface area contributed by atoms with Crippen LogP contribution < -0.4 is 0 Å². The monoisotopic (exact) mass is 1090 g/mol. The van der Waals surface area contributed by atoms with Gasteiger partial charge in [0.2, 0.25) is 0 Å². The Kier molecular flexibility index (Phi) is 78.3. The van der Waals surface area contributed by atoms with Gasteiger partial charge in [-0.25, -0.2) is 0 Å². The Labute approximate surface area is 371 Å². The fraction of sp³-hybridized carbons (Fsp3) is 1.00. The molecule has 0 aliphatic carbocycles. The molecule has 0 saturated heterocycles. The van der Waals surface area contributed by atoms with Crippen molar-refractivity contribution in [2.75, 3.05) is 52.4 Å². The molecule has 0 aromatic rings. The van der Waals surface area contributed by atoms with Gasteiger partial charge in [0, 0.05) is 0 Å². The summed E-state index contributed by atoms with van der Waals surface area (Å²) in [4.78, 5) is 49.5. The molecule has 0 saturated carbocycles. The van der Waals surface area contributed by atoms with Gasteiger partial charge >= 0.3 is 31.1 Å². The second kappa shape index (κ2) is 60.8. The summed E-state index contributed by atoms with van der Waals surface area (Å²) in [6.07, 6.45) is 22.1. The molecule has 0 atom stereocenters. The van der Waals surface area contributed by atoms with Crippen LogP contribution in [0.2, 0.25) is 0 Å². The van der Waals surface area contributed by atoms with Gasteiger partial charge in [0.1, 0.15) is 0 Å². The van der Waals surface area contributed by atoms with Crippen LogP contribution in [0.15, 0.2) is 0 Å². The predicted octanol–water partition coefficient (Wildman–Crippen LogP) is 8.57. The zero-order valence-corrected chi connectivity index (χ0v) is 40.6. The minimum absolute atomic E-state index is 0. The van der Waals surface area contributed by atoms with E-state index in [-0.39, 0.29) is 31.1 Å². The minimum atomic E-state index is -1.75. The van der Waals surface area contributed by atoms with Crippen LogP contribution in [0.4, 0.5) is 0 Å². The zero-order chi connectivity index (χ0) is 47.4. The maximum Gasteiger partial charge on any atom is 4.00 e. The van der Waals surface area contributed by atoms with Gasteiger partial charge in [0.25, 0.3) is 0 Å². The number of hydrogen-bond donors (Lipinski definition) is 0. The summed E-state index contributed by atoms with van der Waals surface area (Å²) in [6, 6.07) is 0. The van der Waals surface area contributed by atoms with E-state index in [0.717, 1.165) is 0 Å². The third kappa shape index (κ3) is 113. The van der Waals surface area contributed by atoms with E-state index >= 15 is 0 Å². The van der Waals surface area contributed by atoms with Crippen molar-refractivity contribution in [2.24, 2.45) is 0 Å². The van der Waals surface area contributed by atoms with Crippen LogP contribution in [-0.4, -0.2) is 91.8 Å². The van der Waals surface area contributed by atoms with E-state index in [4.69, 9.17) is 91.9 Å². The van der Waals surface area contributed by atoms with Crippen molar-refractivity contribution in [3.8, 4) is 0 Å². The van der Waals surface area contributed by atoms with Gasteiger partial charge in [-0.3, -0.25) is 0 Å². The van der Waals surface area contributed by atoms with E-state index < -0.39 is 30.5 Å². The summed E-state index contributed by atoms with van der Waals surface area (Å²) >= 11 is 0. The standard InChI is InChI=1S/2C16H36N.6NO3.U/c2*1-5-9-13-17(14-10-6-2,15-11-7-3)16-12-8-4;6*2-1(3)4;/h2*5-16H2,1-4H3;;;;;;;/q2*+1;6*-1;+4. The van der Waals surface area contributed by atoms with E-state index in [1.165, 1.54) is 164 Å². The average molecular weight is 1090 g/mol. The Morgan fingerprint density at radius 1 is 0.254 bits per heavy atom. The van der Waals surface area contributed by atoms with Crippen molar-refractivity contribution in [2.45, 2.75) is 158 Å². The van der Waals surface area contributed by atoms with Crippen molar-refractivity contribution in [3.05, 3.63) is 91.9 Å². The fourth-order valence-corrected chi connectivity index (χ4v) is 5.29. The Hall–Kier alpha value is -3.83. The number of unbranched alkanes of at least 4 members (excludes halogenated alkanes) is 8. The third-order valence-corrected chi connectivity index (χ3v) is 7.89. The molecule has 0 aromatic heterocycles. The molecule has 0 fully saturated rings. The molecule has 0 aliphatic rings. The second-order valence-corrected chi connectivity index (χ2v) is 12.6. The van der Waals surface area contributed by atoms with Gasteiger partial charge in [0.05, 0.1) is 82.9 Å². The molecule has 26 nitrogen and oxygen atoms in total. The average Bonchev–Trinajstić information content (AvgIpc) is 3.09. The molecule has 59 heavy (non-hydrogen) atoms. The van der Waals surface area contributed by atoms with Crippen molar-refractivity contribution in [3.63, 3.8) is 0 Å². The number of hydrogen-bond acceptors (Lipinski definition) is 18. The first-order valence-electron chi connectivity index (χ1n) is 19.5. The van der Waals surface area contributed by atoms with Crippen LogP contribution in [0.1, 0.15) is 158 Å². The van der Waals surface area contributed by atoms with E-state index in [9.17, 15) is 0 Å². The van der Waals surface area contributed by atoms with Gasteiger partial charge < -0.3 is 101 Å². The first-order chi connectivity index (χ1) is 26.9. The summed E-state index contributed by atoms with van der Waals surface area (Å²) in [5, 5.41) is 88.5. The van der Waals surface area contributed by atoms with Crippen molar-refractivity contribution >= 4 is 0 Å². The summed E-state index contributed by atoms with van der Waals surface area (Å²) < 4.78 is 2.84. The molecule has 0 spiro atoms. The molecule has 0 heterocycles. The Balaban J connectivity index is -0.0000000778. The molecule has 27 heteroatoms. The molecule has 0 unspecified atom stereocenters. The van der Waals surface area contributed by atoms with Crippen molar-refractivity contribution < 1.29 is 70.6 Å². The van der Waals surface area contributed by atoms with Crippen molar-refractivity contribution in [1.82, 2.24) is 0 Å². The van der Waals surface area contributed by atoms with Crippen molar-refractivity contribution in [1.29, 1.82) is 0 Å². The van der Waals surface area contributed by atoms with E-state index in [1.807, 2.05) is 0 Å². The van der Waals surface area contributed by atoms with Crippen LogP contribution >= 0.6 is 0 Å². The van der Waals surface area contributed by atoms with E-state index in [1.54, 1.807) is 0 Å². The van der Waals surface area contributed by atoms with Gasteiger partial charge in [-0.05, 0) is 51.4 Å². The van der Waals surface area contributed by atoms with Crippen LogP contribution in [0.25, 0.3) is 0 Å². The maximum atomic E-state index is 8.25.